The molecule has 0 aliphatic rings. The Hall–Kier alpha value is -2.41. The zero-order valence-electron chi connectivity index (χ0n) is 17.9. The van der Waals surface area contributed by atoms with Crippen molar-refractivity contribution in [1.82, 2.24) is 14.2 Å². The van der Waals surface area contributed by atoms with Crippen molar-refractivity contribution in [2.45, 2.75) is 33.6 Å². The van der Waals surface area contributed by atoms with Crippen molar-refractivity contribution in [1.29, 1.82) is 0 Å². The van der Waals surface area contributed by atoms with E-state index in [0.717, 1.165) is 33.5 Å². The lowest BCUT2D eigenvalue weighted by molar-refractivity contribution is 0.703. The lowest BCUT2D eigenvalue weighted by Crippen LogP contribution is -2.22. The zero-order chi connectivity index (χ0) is 23.0. The van der Waals surface area contributed by atoms with Gasteiger partial charge in [0.1, 0.15) is 5.82 Å². The van der Waals surface area contributed by atoms with Gasteiger partial charge in [0.2, 0.25) is 0 Å². The number of rotatable bonds is 5. The Morgan fingerprint density at radius 2 is 1.94 bits per heavy atom. The van der Waals surface area contributed by atoms with E-state index in [9.17, 15) is 4.79 Å². The number of benzene rings is 2. The van der Waals surface area contributed by atoms with Crippen molar-refractivity contribution in [3.63, 3.8) is 0 Å². The predicted octanol–water partition coefficient (Wildman–Crippen LogP) is 6.71. The molecular formula is C24H21BrCl2N4O. The normalized spacial score (nSPS) is 11.7. The van der Waals surface area contributed by atoms with E-state index in [1.807, 2.05) is 55.7 Å². The van der Waals surface area contributed by atoms with Gasteiger partial charge in [-0.2, -0.15) is 9.78 Å². The van der Waals surface area contributed by atoms with Crippen LogP contribution < -0.4 is 5.56 Å². The summed E-state index contributed by atoms with van der Waals surface area (Å²) >= 11 is 16.1. The van der Waals surface area contributed by atoms with Gasteiger partial charge in [-0.15, -0.1) is 0 Å². The maximum Gasteiger partial charge on any atom is 0.282 e. The number of nitrogens with zero attached hydrogens (tertiary/aromatic N) is 4. The highest BCUT2D eigenvalue weighted by atomic mass is 79.9. The Balaban J connectivity index is 1.83. The molecule has 0 bridgehead atoms. The zero-order valence-corrected chi connectivity index (χ0v) is 21.0. The largest absolute Gasteiger partial charge is 0.316 e. The van der Waals surface area contributed by atoms with Crippen LogP contribution in [-0.4, -0.2) is 20.4 Å². The average molecular weight is 532 g/mol. The molecule has 0 fully saturated rings. The standard InChI is InChI=1S/C24H21BrCl2N4O/c1-4-6-22-29-20-10-9-17(25)12-18(20)24(32)31(22)28-13-16-11-14(2)30(15(16)3)21-8-5-7-19(26)23(21)27/h5,7-13H,4,6H2,1-3H3. The highest BCUT2D eigenvalue weighted by molar-refractivity contribution is 9.10. The summed E-state index contributed by atoms with van der Waals surface area (Å²) in [6, 6.07) is 13.1. The summed E-state index contributed by atoms with van der Waals surface area (Å²) in [5, 5.41) is 6.06. The van der Waals surface area contributed by atoms with E-state index >= 15 is 0 Å². The van der Waals surface area contributed by atoms with Crippen LogP contribution >= 0.6 is 39.1 Å². The van der Waals surface area contributed by atoms with Gasteiger partial charge in [-0.3, -0.25) is 4.79 Å². The van der Waals surface area contributed by atoms with E-state index in [4.69, 9.17) is 23.2 Å². The Labute approximate surface area is 204 Å². The molecule has 8 heteroatoms. The second-order valence-electron chi connectivity index (χ2n) is 7.54. The van der Waals surface area contributed by atoms with E-state index in [-0.39, 0.29) is 5.56 Å². The Morgan fingerprint density at radius 3 is 2.69 bits per heavy atom. The minimum atomic E-state index is -0.192. The number of aryl methyl sites for hydroxylation is 2. The molecule has 4 rings (SSSR count). The molecule has 5 nitrogen and oxygen atoms in total. The first kappa shape index (κ1) is 22.8. The third-order valence-corrected chi connectivity index (χ3v) is 6.61. The molecule has 2 heterocycles. The minimum absolute atomic E-state index is 0.192. The maximum atomic E-state index is 13.2. The van der Waals surface area contributed by atoms with Gasteiger partial charge < -0.3 is 4.57 Å². The first-order chi connectivity index (χ1) is 15.3. The van der Waals surface area contributed by atoms with Crippen molar-refractivity contribution < 1.29 is 0 Å². The molecule has 0 atom stereocenters. The van der Waals surface area contributed by atoms with E-state index in [2.05, 4.69) is 26.0 Å². The molecule has 0 saturated heterocycles. The van der Waals surface area contributed by atoms with Crippen molar-refractivity contribution in [2.75, 3.05) is 0 Å². The van der Waals surface area contributed by atoms with Gasteiger partial charge in [-0.05, 0) is 56.7 Å². The van der Waals surface area contributed by atoms with Crippen molar-refractivity contribution in [3.05, 3.63) is 90.1 Å². The Bertz CT molecular complexity index is 1420. The summed E-state index contributed by atoms with van der Waals surface area (Å²) in [4.78, 5) is 17.9. The molecule has 0 aliphatic carbocycles. The van der Waals surface area contributed by atoms with Gasteiger partial charge in [0.25, 0.3) is 5.56 Å². The highest BCUT2D eigenvalue weighted by Crippen LogP contribution is 2.31. The monoisotopic (exact) mass is 530 g/mol. The van der Waals surface area contributed by atoms with Crippen molar-refractivity contribution >= 4 is 56.2 Å². The summed E-state index contributed by atoms with van der Waals surface area (Å²) in [6.07, 6.45) is 3.20. The summed E-state index contributed by atoms with van der Waals surface area (Å²) in [6.45, 7) is 6.02. The molecule has 164 valence electrons. The van der Waals surface area contributed by atoms with Gasteiger partial charge in [-0.1, -0.05) is 52.1 Å². The molecule has 0 spiro atoms. The molecule has 2 aromatic carbocycles. The highest BCUT2D eigenvalue weighted by Gasteiger charge is 2.15. The molecule has 0 amide bonds. The first-order valence-electron chi connectivity index (χ1n) is 10.2. The second-order valence-corrected chi connectivity index (χ2v) is 9.24. The summed E-state index contributed by atoms with van der Waals surface area (Å²) in [5.41, 5.74) is 4.08. The second kappa shape index (κ2) is 9.22. The van der Waals surface area contributed by atoms with E-state index in [0.29, 0.717) is 33.2 Å². The quantitative estimate of drug-likeness (QED) is 0.269. The number of fused-ring (bicyclic) bond motifs is 1. The topological polar surface area (TPSA) is 52.2 Å². The third-order valence-electron chi connectivity index (χ3n) is 5.30. The smallest absolute Gasteiger partial charge is 0.282 e. The van der Waals surface area contributed by atoms with Crippen LogP contribution in [-0.2, 0) is 6.42 Å². The van der Waals surface area contributed by atoms with Crippen molar-refractivity contribution in [3.8, 4) is 5.69 Å². The molecule has 0 unspecified atom stereocenters. The fourth-order valence-electron chi connectivity index (χ4n) is 3.77. The molecule has 0 radical (unpaired) electrons. The minimum Gasteiger partial charge on any atom is -0.316 e. The van der Waals surface area contributed by atoms with Crippen LogP contribution in [0.2, 0.25) is 10.0 Å². The lowest BCUT2D eigenvalue weighted by atomic mass is 10.2. The van der Waals surface area contributed by atoms with Crippen LogP contribution in [0.5, 0.6) is 0 Å². The summed E-state index contributed by atoms with van der Waals surface area (Å²) in [7, 11) is 0. The van der Waals surface area contributed by atoms with Crippen LogP contribution in [0, 0.1) is 13.8 Å². The van der Waals surface area contributed by atoms with Gasteiger partial charge in [0.15, 0.2) is 0 Å². The average Bonchev–Trinajstić information content (AvgIpc) is 3.04. The third kappa shape index (κ3) is 4.15. The maximum absolute atomic E-state index is 13.2. The SMILES string of the molecule is CCCc1nc2ccc(Br)cc2c(=O)n1N=Cc1cc(C)n(-c2cccc(Cl)c2Cl)c1C. The summed E-state index contributed by atoms with van der Waals surface area (Å²) in [5.74, 6) is 0.635. The molecule has 4 aromatic rings. The van der Waals surface area contributed by atoms with Gasteiger partial charge in [0.05, 0.1) is 32.9 Å². The van der Waals surface area contributed by atoms with Gasteiger partial charge in [-0.25, -0.2) is 4.98 Å². The predicted molar refractivity (Wildman–Crippen MR) is 136 cm³/mol. The van der Waals surface area contributed by atoms with E-state index in [1.54, 1.807) is 18.3 Å². The van der Waals surface area contributed by atoms with Crippen molar-refractivity contribution in [2.24, 2.45) is 5.10 Å². The van der Waals surface area contributed by atoms with E-state index in [1.165, 1.54) is 4.68 Å². The Kier molecular flexibility index (Phi) is 6.56. The molecule has 32 heavy (non-hydrogen) atoms. The number of aromatic nitrogens is 3. The van der Waals surface area contributed by atoms with Gasteiger partial charge >= 0.3 is 0 Å². The molecule has 0 aliphatic heterocycles. The molecular weight excluding hydrogens is 511 g/mol. The van der Waals surface area contributed by atoms with Crippen LogP contribution in [0.4, 0.5) is 0 Å². The van der Waals surface area contributed by atoms with Crippen LogP contribution in [0.15, 0.2) is 56.8 Å². The summed E-state index contributed by atoms with van der Waals surface area (Å²) < 4.78 is 4.25. The van der Waals surface area contributed by atoms with Crippen LogP contribution in [0.25, 0.3) is 16.6 Å². The van der Waals surface area contributed by atoms with Gasteiger partial charge in [0, 0.05) is 27.8 Å². The molecule has 0 N–H and O–H groups in total. The Morgan fingerprint density at radius 1 is 1.16 bits per heavy atom. The van der Waals surface area contributed by atoms with Crippen LogP contribution in [0.1, 0.15) is 36.1 Å². The fourth-order valence-corrected chi connectivity index (χ4v) is 4.51. The number of hydrogen-bond donors (Lipinski definition) is 0. The molecule has 2 aromatic heterocycles. The number of halogens is 3. The fraction of sp³-hybridized carbons (Fsp3) is 0.208. The molecule has 0 saturated carbocycles. The van der Waals surface area contributed by atoms with Crippen LogP contribution in [0.3, 0.4) is 0 Å². The number of hydrogen-bond acceptors (Lipinski definition) is 3. The lowest BCUT2D eigenvalue weighted by Gasteiger charge is -2.12. The first-order valence-corrected chi connectivity index (χ1v) is 11.8. The van der Waals surface area contributed by atoms with E-state index < -0.39 is 0 Å².